The molecule has 6 nitrogen and oxygen atoms in total. The van der Waals surface area contributed by atoms with Gasteiger partial charge in [-0.2, -0.15) is 0 Å². The molecule has 7 heteroatoms. The molecule has 2 aromatic carbocycles. The molecule has 0 radical (unpaired) electrons. The number of nitrogens with one attached hydrogen (secondary N) is 2. The smallest absolute Gasteiger partial charge is 0.251 e. The molecule has 0 heterocycles. The Hall–Kier alpha value is -2.67. The van der Waals surface area contributed by atoms with E-state index in [-0.39, 0.29) is 17.7 Å². The lowest BCUT2D eigenvalue weighted by atomic mass is 10.1. The highest BCUT2D eigenvalue weighted by Gasteiger charge is 2.20. The highest BCUT2D eigenvalue weighted by Crippen LogP contribution is 2.18. The maximum Gasteiger partial charge on any atom is 0.251 e. The first-order valence-electron chi connectivity index (χ1n) is 9.77. The number of amides is 2. The van der Waals surface area contributed by atoms with Crippen molar-refractivity contribution < 1.29 is 18.0 Å². The van der Waals surface area contributed by atoms with Crippen molar-refractivity contribution in [1.82, 2.24) is 5.32 Å². The van der Waals surface area contributed by atoms with Gasteiger partial charge in [0.15, 0.2) is 9.84 Å². The fraction of sp³-hybridized carbons (Fsp3) is 0.364. The Morgan fingerprint density at radius 3 is 2.41 bits per heavy atom. The third kappa shape index (κ3) is 6.42. The Morgan fingerprint density at radius 1 is 1.03 bits per heavy atom. The van der Waals surface area contributed by atoms with Gasteiger partial charge in [-0.25, -0.2) is 8.42 Å². The summed E-state index contributed by atoms with van der Waals surface area (Å²) in [5.74, 6) is -1.67. The van der Waals surface area contributed by atoms with Gasteiger partial charge < -0.3 is 10.6 Å². The normalized spacial score (nSPS) is 14.5. The summed E-state index contributed by atoms with van der Waals surface area (Å²) in [5, 5.41) is 5.59. The second-order valence-corrected chi connectivity index (χ2v) is 9.67. The van der Waals surface area contributed by atoms with Crippen molar-refractivity contribution in [3.63, 3.8) is 0 Å². The molecule has 3 rings (SSSR count). The zero-order valence-corrected chi connectivity index (χ0v) is 17.3. The van der Waals surface area contributed by atoms with Gasteiger partial charge >= 0.3 is 0 Å². The van der Waals surface area contributed by atoms with E-state index in [0.29, 0.717) is 16.8 Å². The second-order valence-electron chi connectivity index (χ2n) is 7.60. The van der Waals surface area contributed by atoms with Crippen molar-refractivity contribution in [2.75, 3.05) is 11.1 Å². The van der Waals surface area contributed by atoms with E-state index in [4.69, 9.17) is 0 Å². The summed E-state index contributed by atoms with van der Waals surface area (Å²) in [6.07, 6.45) is 4.20. The van der Waals surface area contributed by atoms with E-state index >= 15 is 0 Å². The van der Waals surface area contributed by atoms with Gasteiger partial charge in [0.25, 0.3) is 5.91 Å². The first kappa shape index (κ1) is 21.0. The Bertz CT molecular complexity index is 978. The van der Waals surface area contributed by atoms with Crippen LogP contribution in [0, 0.1) is 6.92 Å². The SMILES string of the molecule is Cc1ccc(NC(=O)CS(=O)(=O)Cc2cccc(C(=O)NC3CCCC3)c2)cc1. The molecule has 0 atom stereocenters. The van der Waals surface area contributed by atoms with Crippen LogP contribution in [0.15, 0.2) is 48.5 Å². The fourth-order valence-corrected chi connectivity index (χ4v) is 4.74. The molecule has 1 aliphatic rings. The molecule has 1 fully saturated rings. The Balaban J connectivity index is 1.59. The van der Waals surface area contributed by atoms with Crippen LogP contribution < -0.4 is 10.6 Å². The van der Waals surface area contributed by atoms with Gasteiger partial charge in [0.1, 0.15) is 5.75 Å². The fourth-order valence-electron chi connectivity index (χ4n) is 3.48. The van der Waals surface area contributed by atoms with Gasteiger partial charge in [0, 0.05) is 17.3 Å². The Labute approximate surface area is 171 Å². The van der Waals surface area contributed by atoms with E-state index in [1.165, 1.54) is 0 Å². The number of carbonyl (C=O) groups is 2. The first-order valence-corrected chi connectivity index (χ1v) is 11.6. The summed E-state index contributed by atoms with van der Waals surface area (Å²) in [6.45, 7) is 1.93. The number of rotatable bonds is 7. The van der Waals surface area contributed by atoms with Crippen LogP contribution in [0.4, 0.5) is 5.69 Å². The monoisotopic (exact) mass is 414 g/mol. The highest BCUT2D eigenvalue weighted by molar-refractivity contribution is 7.91. The number of carbonyl (C=O) groups excluding carboxylic acids is 2. The molecule has 2 N–H and O–H groups in total. The third-order valence-electron chi connectivity index (χ3n) is 4.95. The molecule has 1 aliphatic carbocycles. The van der Waals surface area contributed by atoms with E-state index < -0.39 is 21.5 Å². The van der Waals surface area contributed by atoms with Crippen molar-refractivity contribution in [2.24, 2.45) is 0 Å². The molecule has 0 unspecified atom stereocenters. The van der Waals surface area contributed by atoms with E-state index in [1.807, 2.05) is 19.1 Å². The van der Waals surface area contributed by atoms with Gasteiger partial charge in [-0.05, 0) is 49.6 Å². The van der Waals surface area contributed by atoms with Crippen LogP contribution in [0.1, 0.15) is 47.2 Å². The number of hydrogen-bond donors (Lipinski definition) is 2. The van der Waals surface area contributed by atoms with Crippen molar-refractivity contribution in [3.05, 3.63) is 65.2 Å². The molecule has 29 heavy (non-hydrogen) atoms. The Kier molecular flexibility index (Phi) is 6.69. The molecule has 2 amide bonds. The van der Waals surface area contributed by atoms with Gasteiger partial charge in [0.05, 0.1) is 5.75 Å². The zero-order valence-electron chi connectivity index (χ0n) is 16.5. The molecule has 0 bridgehead atoms. The molecular formula is C22H26N2O4S. The van der Waals surface area contributed by atoms with Crippen LogP contribution in [0.5, 0.6) is 0 Å². The van der Waals surface area contributed by atoms with Gasteiger partial charge in [0.2, 0.25) is 5.91 Å². The predicted molar refractivity (Wildman–Crippen MR) is 113 cm³/mol. The number of aryl methyl sites for hydroxylation is 1. The van der Waals surface area contributed by atoms with E-state index in [1.54, 1.807) is 36.4 Å². The minimum absolute atomic E-state index is 0.187. The van der Waals surface area contributed by atoms with Gasteiger partial charge in [-0.3, -0.25) is 9.59 Å². The van der Waals surface area contributed by atoms with Gasteiger partial charge in [-0.1, -0.05) is 42.7 Å². The molecule has 0 aromatic heterocycles. The maximum atomic E-state index is 12.5. The summed E-state index contributed by atoms with van der Waals surface area (Å²) in [6, 6.07) is 13.9. The number of sulfone groups is 1. The average Bonchev–Trinajstić information content (AvgIpc) is 3.16. The Morgan fingerprint density at radius 2 is 1.72 bits per heavy atom. The minimum Gasteiger partial charge on any atom is -0.349 e. The lowest BCUT2D eigenvalue weighted by Crippen LogP contribution is -2.32. The van der Waals surface area contributed by atoms with E-state index in [9.17, 15) is 18.0 Å². The molecule has 1 saturated carbocycles. The zero-order chi connectivity index (χ0) is 20.9. The molecule has 0 aliphatic heterocycles. The van der Waals surface area contributed by atoms with Gasteiger partial charge in [-0.15, -0.1) is 0 Å². The standard InChI is InChI=1S/C22H26N2O4S/c1-16-9-11-20(12-10-16)23-21(25)15-29(27,28)14-17-5-4-6-18(13-17)22(26)24-19-7-2-3-8-19/h4-6,9-13,19H,2-3,7-8,14-15H2,1H3,(H,23,25)(H,24,26). The summed E-state index contributed by atoms with van der Waals surface area (Å²) >= 11 is 0. The van der Waals surface area contributed by atoms with Crippen LogP contribution >= 0.6 is 0 Å². The van der Waals surface area contributed by atoms with Crippen LogP contribution in [0.2, 0.25) is 0 Å². The largest absolute Gasteiger partial charge is 0.349 e. The summed E-state index contributed by atoms with van der Waals surface area (Å²) in [4.78, 5) is 24.5. The molecule has 0 spiro atoms. The van der Waals surface area contributed by atoms with Crippen LogP contribution in [-0.4, -0.2) is 32.0 Å². The lowest BCUT2D eigenvalue weighted by Gasteiger charge is -2.12. The average molecular weight is 415 g/mol. The summed E-state index contributed by atoms with van der Waals surface area (Å²) in [5.41, 5.74) is 2.54. The quantitative estimate of drug-likeness (QED) is 0.728. The minimum atomic E-state index is -3.67. The predicted octanol–water partition coefficient (Wildman–Crippen LogP) is 3.22. The number of hydrogen-bond acceptors (Lipinski definition) is 4. The number of benzene rings is 2. The molecular weight excluding hydrogens is 388 g/mol. The molecule has 0 saturated heterocycles. The summed E-state index contributed by atoms with van der Waals surface area (Å²) < 4.78 is 24.9. The van der Waals surface area contributed by atoms with Crippen molar-refractivity contribution >= 4 is 27.3 Å². The van der Waals surface area contributed by atoms with Crippen molar-refractivity contribution in [1.29, 1.82) is 0 Å². The van der Waals surface area contributed by atoms with Crippen LogP contribution in [-0.2, 0) is 20.4 Å². The maximum absolute atomic E-state index is 12.5. The van der Waals surface area contributed by atoms with Crippen molar-refractivity contribution in [3.8, 4) is 0 Å². The first-order chi connectivity index (χ1) is 13.8. The lowest BCUT2D eigenvalue weighted by molar-refractivity contribution is -0.113. The van der Waals surface area contributed by atoms with Crippen LogP contribution in [0.3, 0.4) is 0 Å². The van der Waals surface area contributed by atoms with Crippen molar-refractivity contribution in [2.45, 2.75) is 44.4 Å². The molecule has 154 valence electrons. The van der Waals surface area contributed by atoms with E-state index in [2.05, 4.69) is 10.6 Å². The summed E-state index contributed by atoms with van der Waals surface area (Å²) in [7, 11) is -3.67. The van der Waals surface area contributed by atoms with E-state index in [0.717, 1.165) is 31.2 Å². The second kappa shape index (κ2) is 9.22. The topological polar surface area (TPSA) is 92.3 Å². The number of anilines is 1. The molecule has 2 aromatic rings. The third-order valence-corrected chi connectivity index (χ3v) is 6.43. The van der Waals surface area contributed by atoms with Crippen LogP contribution in [0.25, 0.3) is 0 Å². The highest BCUT2D eigenvalue weighted by atomic mass is 32.2.